The zero-order chi connectivity index (χ0) is 17.1. The van der Waals surface area contributed by atoms with Gasteiger partial charge in [0.25, 0.3) is 0 Å². The molecular formula is C21H20N4. The van der Waals surface area contributed by atoms with Gasteiger partial charge in [-0.15, -0.1) is 0 Å². The molecule has 0 atom stereocenters. The Balaban J connectivity index is 1.52. The van der Waals surface area contributed by atoms with E-state index in [0.717, 1.165) is 30.0 Å². The number of benzene rings is 1. The maximum atomic E-state index is 4.57. The van der Waals surface area contributed by atoms with E-state index >= 15 is 0 Å². The van der Waals surface area contributed by atoms with Crippen LogP contribution in [0.15, 0.2) is 67.1 Å². The molecule has 1 aromatic carbocycles. The number of hydrogen-bond acceptors (Lipinski definition) is 3. The molecule has 0 bridgehead atoms. The molecule has 3 heterocycles. The molecule has 0 spiro atoms. The van der Waals surface area contributed by atoms with Crippen LogP contribution in [0.2, 0.25) is 0 Å². The van der Waals surface area contributed by atoms with Gasteiger partial charge >= 0.3 is 0 Å². The second-order valence-corrected chi connectivity index (χ2v) is 6.08. The van der Waals surface area contributed by atoms with Crippen molar-refractivity contribution in [3.63, 3.8) is 0 Å². The Labute approximate surface area is 147 Å². The average molecular weight is 328 g/mol. The minimum absolute atomic E-state index is 0.838. The Morgan fingerprint density at radius 3 is 2.72 bits per heavy atom. The van der Waals surface area contributed by atoms with Crippen LogP contribution < -0.4 is 5.32 Å². The lowest BCUT2D eigenvalue weighted by atomic mass is 10.1. The summed E-state index contributed by atoms with van der Waals surface area (Å²) < 4.78 is 0. The van der Waals surface area contributed by atoms with Gasteiger partial charge in [-0.05, 0) is 47.4 Å². The van der Waals surface area contributed by atoms with Crippen LogP contribution in [-0.4, -0.2) is 15.0 Å². The van der Waals surface area contributed by atoms with Crippen molar-refractivity contribution < 1.29 is 0 Å². The lowest BCUT2D eigenvalue weighted by Crippen LogP contribution is -1.98. The number of pyridine rings is 2. The normalized spacial score (nSPS) is 10.9. The number of nitrogens with zero attached hydrogens (tertiary/aromatic N) is 2. The zero-order valence-electron chi connectivity index (χ0n) is 14.2. The molecule has 0 saturated carbocycles. The second-order valence-electron chi connectivity index (χ2n) is 6.08. The highest BCUT2D eigenvalue weighted by atomic mass is 15.0. The molecule has 4 nitrogen and oxygen atoms in total. The Morgan fingerprint density at radius 1 is 0.960 bits per heavy atom. The molecule has 0 amide bonds. The van der Waals surface area contributed by atoms with Crippen molar-refractivity contribution in [1.82, 2.24) is 15.0 Å². The van der Waals surface area contributed by atoms with Gasteiger partial charge in [-0.3, -0.25) is 0 Å². The van der Waals surface area contributed by atoms with Gasteiger partial charge in [-0.2, -0.15) is 0 Å². The second kappa shape index (κ2) is 6.77. The van der Waals surface area contributed by atoms with Gasteiger partial charge in [0.1, 0.15) is 11.5 Å². The third-order valence-electron chi connectivity index (χ3n) is 4.42. The number of fused-ring (bicyclic) bond motifs is 1. The lowest BCUT2D eigenvalue weighted by Gasteiger charge is -2.10. The predicted molar refractivity (Wildman–Crippen MR) is 102 cm³/mol. The number of hydrogen-bond donors (Lipinski definition) is 2. The average Bonchev–Trinajstić information content (AvgIpc) is 3.07. The number of nitrogens with one attached hydrogen (secondary N) is 2. The minimum Gasteiger partial charge on any atom is -0.346 e. The third kappa shape index (κ3) is 3.24. The van der Waals surface area contributed by atoms with Crippen molar-refractivity contribution in [2.75, 3.05) is 5.32 Å². The molecule has 124 valence electrons. The van der Waals surface area contributed by atoms with Crippen LogP contribution in [0.1, 0.15) is 23.6 Å². The van der Waals surface area contributed by atoms with E-state index in [1.807, 2.05) is 30.6 Å². The highest BCUT2D eigenvalue weighted by molar-refractivity contribution is 5.79. The summed E-state index contributed by atoms with van der Waals surface area (Å²) in [6.45, 7) is 2.16. The van der Waals surface area contributed by atoms with Crippen molar-refractivity contribution in [2.45, 2.75) is 19.8 Å². The Kier molecular flexibility index (Phi) is 4.17. The summed E-state index contributed by atoms with van der Waals surface area (Å²) in [6.07, 6.45) is 7.60. The first kappa shape index (κ1) is 15.4. The number of anilines is 2. The van der Waals surface area contributed by atoms with Gasteiger partial charge in [-0.25, -0.2) is 9.97 Å². The summed E-state index contributed by atoms with van der Waals surface area (Å²) in [4.78, 5) is 12.1. The maximum Gasteiger partial charge on any atom is 0.137 e. The fourth-order valence-corrected chi connectivity index (χ4v) is 3.07. The van der Waals surface area contributed by atoms with E-state index in [4.69, 9.17) is 0 Å². The molecule has 4 aromatic rings. The summed E-state index contributed by atoms with van der Waals surface area (Å²) in [6, 6.07) is 16.6. The number of H-pyrrole nitrogens is 1. The number of para-hydroxylation sites is 1. The number of aromatic nitrogens is 3. The van der Waals surface area contributed by atoms with E-state index in [1.165, 1.54) is 22.1 Å². The quantitative estimate of drug-likeness (QED) is 0.550. The van der Waals surface area contributed by atoms with Crippen molar-refractivity contribution in [2.24, 2.45) is 0 Å². The fraction of sp³-hybridized carbons (Fsp3) is 0.143. The highest BCUT2D eigenvalue weighted by Crippen LogP contribution is 2.22. The Morgan fingerprint density at radius 2 is 1.88 bits per heavy atom. The van der Waals surface area contributed by atoms with E-state index in [-0.39, 0.29) is 0 Å². The molecule has 0 radical (unpaired) electrons. The maximum absolute atomic E-state index is 4.57. The molecule has 4 rings (SSSR count). The van der Waals surface area contributed by atoms with Gasteiger partial charge in [0.2, 0.25) is 0 Å². The Bertz CT molecular complexity index is 986. The van der Waals surface area contributed by atoms with E-state index in [9.17, 15) is 0 Å². The SMILES string of the molecule is CCc1ccccc1Nc1ccc(Cc2c[nH]c3ncccc23)cn1. The summed E-state index contributed by atoms with van der Waals surface area (Å²) in [7, 11) is 0. The van der Waals surface area contributed by atoms with Crippen LogP contribution in [-0.2, 0) is 12.8 Å². The van der Waals surface area contributed by atoms with Gasteiger partial charge in [-0.1, -0.05) is 31.2 Å². The van der Waals surface area contributed by atoms with Crippen LogP contribution in [0, 0.1) is 0 Å². The standard InChI is InChI=1S/C21H20N4/c1-2-16-6-3-4-8-19(16)25-20-10-9-15(13-23-20)12-17-14-24-21-18(17)7-5-11-22-21/h3-11,13-14H,2,12H2,1H3,(H,22,24)(H,23,25). The Hall–Kier alpha value is -3.14. The molecule has 2 N–H and O–H groups in total. The van der Waals surface area contributed by atoms with Crippen LogP contribution >= 0.6 is 0 Å². The number of rotatable bonds is 5. The molecule has 4 heteroatoms. The molecule has 3 aromatic heterocycles. The summed E-state index contributed by atoms with van der Waals surface area (Å²) in [5, 5.41) is 4.58. The molecule has 25 heavy (non-hydrogen) atoms. The van der Waals surface area contributed by atoms with Gasteiger partial charge in [0.05, 0.1) is 0 Å². The van der Waals surface area contributed by atoms with Gasteiger partial charge < -0.3 is 10.3 Å². The number of aromatic amines is 1. The zero-order valence-corrected chi connectivity index (χ0v) is 14.2. The smallest absolute Gasteiger partial charge is 0.137 e. The van der Waals surface area contributed by atoms with E-state index in [2.05, 4.69) is 57.5 Å². The molecular weight excluding hydrogens is 308 g/mol. The van der Waals surface area contributed by atoms with Crippen LogP contribution in [0.4, 0.5) is 11.5 Å². The first-order chi connectivity index (χ1) is 12.3. The number of aryl methyl sites for hydroxylation is 1. The summed E-state index contributed by atoms with van der Waals surface area (Å²) in [5.41, 5.74) is 5.76. The highest BCUT2D eigenvalue weighted by Gasteiger charge is 2.06. The molecule has 0 saturated heterocycles. The van der Waals surface area contributed by atoms with Crippen molar-refractivity contribution in [1.29, 1.82) is 0 Å². The van der Waals surface area contributed by atoms with Crippen molar-refractivity contribution >= 4 is 22.5 Å². The summed E-state index contributed by atoms with van der Waals surface area (Å²) >= 11 is 0. The van der Waals surface area contributed by atoms with Crippen LogP contribution in [0.25, 0.3) is 11.0 Å². The monoisotopic (exact) mass is 328 g/mol. The van der Waals surface area contributed by atoms with E-state index in [1.54, 1.807) is 6.20 Å². The lowest BCUT2D eigenvalue weighted by molar-refractivity contribution is 1.13. The first-order valence-electron chi connectivity index (χ1n) is 8.54. The molecule has 0 aliphatic carbocycles. The fourth-order valence-electron chi connectivity index (χ4n) is 3.07. The topological polar surface area (TPSA) is 53.6 Å². The van der Waals surface area contributed by atoms with Crippen LogP contribution in [0.5, 0.6) is 0 Å². The van der Waals surface area contributed by atoms with E-state index in [0.29, 0.717) is 0 Å². The molecule has 0 aliphatic heterocycles. The predicted octanol–water partition coefficient (Wildman–Crippen LogP) is 4.85. The van der Waals surface area contributed by atoms with E-state index < -0.39 is 0 Å². The third-order valence-corrected chi connectivity index (χ3v) is 4.42. The first-order valence-corrected chi connectivity index (χ1v) is 8.54. The van der Waals surface area contributed by atoms with Crippen molar-refractivity contribution in [3.05, 3.63) is 83.8 Å². The molecule has 0 unspecified atom stereocenters. The summed E-state index contributed by atoms with van der Waals surface area (Å²) in [5.74, 6) is 0.866. The molecule has 0 aliphatic rings. The van der Waals surface area contributed by atoms with Gasteiger partial charge in [0, 0.05) is 36.1 Å². The minimum atomic E-state index is 0.838. The van der Waals surface area contributed by atoms with Crippen molar-refractivity contribution in [3.8, 4) is 0 Å². The van der Waals surface area contributed by atoms with Crippen LogP contribution in [0.3, 0.4) is 0 Å². The largest absolute Gasteiger partial charge is 0.346 e. The molecule has 0 fully saturated rings. The van der Waals surface area contributed by atoms with Gasteiger partial charge in [0.15, 0.2) is 0 Å².